The molecule has 1 aromatic carbocycles. The molecule has 0 saturated carbocycles. The van der Waals surface area contributed by atoms with Crippen LogP contribution in [0.15, 0.2) is 22.7 Å². The first-order valence-corrected chi connectivity index (χ1v) is 12.2. The lowest BCUT2D eigenvalue weighted by Gasteiger charge is -2.42. The van der Waals surface area contributed by atoms with Gasteiger partial charge in [0, 0.05) is 19.3 Å². The van der Waals surface area contributed by atoms with Crippen LogP contribution in [-0.4, -0.2) is 66.4 Å². The molecular weight excluding hydrogens is 466 g/mol. The Balaban J connectivity index is 1.44. The molecule has 2 aliphatic heterocycles. The third kappa shape index (κ3) is 5.62. The Morgan fingerprint density at radius 3 is 2.72 bits per heavy atom. The van der Waals surface area contributed by atoms with Crippen molar-refractivity contribution in [3.05, 3.63) is 35.2 Å². The van der Waals surface area contributed by atoms with Gasteiger partial charge >= 0.3 is 6.03 Å². The van der Waals surface area contributed by atoms with Crippen LogP contribution in [0.2, 0.25) is 0 Å². The first kappa shape index (κ1) is 25.5. The minimum absolute atomic E-state index is 0.0275. The van der Waals surface area contributed by atoms with Crippen molar-refractivity contribution in [2.75, 3.05) is 30.8 Å². The fraction of sp³-hybridized carbons (Fsp3) is 0.520. The van der Waals surface area contributed by atoms with Gasteiger partial charge in [-0.25, -0.2) is 4.79 Å². The van der Waals surface area contributed by atoms with E-state index in [-0.39, 0.29) is 36.7 Å². The van der Waals surface area contributed by atoms with Gasteiger partial charge in [-0.15, -0.1) is 0 Å². The number of aromatic nitrogens is 1. The molecule has 11 nitrogen and oxygen atoms in total. The highest BCUT2D eigenvalue weighted by atomic mass is 16.5. The summed E-state index contributed by atoms with van der Waals surface area (Å²) in [6.07, 6.45) is 2.00. The van der Waals surface area contributed by atoms with Gasteiger partial charge in [-0.3, -0.25) is 9.59 Å². The number of amides is 4. The molecule has 4 rings (SSSR count). The summed E-state index contributed by atoms with van der Waals surface area (Å²) in [4.78, 5) is 39.7. The van der Waals surface area contributed by atoms with E-state index in [1.807, 2.05) is 6.92 Å². The zero-order valence-electron chi connectivity index (χ0n) is 21.1. The third-order valence-electron chi connectivity index (χ3n) is 6.53. The number of benzene rings is 1. The topological polar surface area (TPSA) is 135 Å². The number of hydrogen-bond donors (Lipinski definition) is 3. The first-order valence-electron chi connectivity index (χ1n) is 12.2. The third-order valence-corrected chi connectivity index (χ3v) is 6.53. The minimum atomic E-state index is -0.480. The number of carbonyl (C=O) groups excluding carboxylic acids is 3. The maximum atomic E-state index is 13.4. The standard InChI is InChI=1S/C25H33N5O6/c1-5-10-26-22(31)12-17-7-8-19-21(35-17)13-34-20-9-6-16(11-18(20)24(32)30(19)4)27-25(33)28-23-14(2)29-36-15(23)3/h6,9,11,17,19,21H,5,7-8,10,12-13H2,1-4H3,(H,26,31)(H2,27,28,33)/t17-,19+,21+/m0/s1. The maximum absolute atomic E-state index is 13.4. The number of rotatable bonds is 6. The van der Waals surface area contributed by atoms with Gasteiger partial charge in [0.1, 0.15) is 29.8 Å². The van der Waals surface area contributed by atoms with Gasteiger partial charge in [0.05, 0.1) is 24.1 Å². The molecule has 2 aromatic rings. The Morgan fingerprint density at radius 2 is 2.00 bits per heavy atom. The molecule has 4 amide bonds. The van der Waals surface area contributed by atoms with Gasteiger partial charge in [0.15, 0.2) is 5.76 Å². The largest absolute Gasteiger partial charge is 0.490 e. The van der Waals surface area contributed by atoms with E-state index in [1.54, 1.807) is 44.0 Å². The van der Waals surface area contributed by atoms with E-state index in [0.717, 1.165) is 6.42 Å². The fourth-order valence-electron chi connectivity index (χ4n) is 4.59. The lowest BCUT2D eigenvalue weighted by molar-refractivity contribution is -0.134. The van der Waals surface area contributed by atoms with Crippen LogP contribution < -0.4 is 20.7 Å². The lowest BCUT2D eigenvalue weighted by Crippen LogP contribution is -2.54. The van der Waals surface area contributed by atoms with Crippen molar-refractivity contribution in [2.45, 2.75) is 64.7 Å². The Morgan fingerprint density at radius 1 is 1.19 bits per heavy atom. The average Bonchev–Trinajstić information content (AvgIpc) is 3.17. The number of carbonyl (C=O) groups is 3. The summed E-state index contributed by atoms with van der Waals surface area (Å²) in [5.41, 5.74) is 1.87. The molecule has 0 unspecified atom stereocenters. The van der Waals surface area contributed by atoms with E-state index >= 15 is 0 Å². The van der Waals surface area contributed by atoms with Crippen molar-refractivity contribution in [3.63, 3.8) is 0 Å². The number of hydrogen-bond acceptors (Lipinski definition) is 7. The van der Waals surface area contributed by atoms with Crippen molar-refractivity contribution in [1.82, 2.24) is 15.4 Å². The summed E-state index contributed by atoms with van der Waals surface area (Å²) in [6.45, 7) is 6.34. The molecule has 194 valence electrons. The Labute approximate surface area is 209 Å². The predicted molar refractivity (Wildman–Crippen MR) is 132 cm³/mol. The molecule has 1 fully saturated rings. The highest BCUT2D eigenvalue weighted by Crippen LogP contribution is 2.32. The molecule has 3 atom stereocenters. The Kier molecular flexibility index (Phi) is 7.78. The Hall–Kier alpha value is -3.60. The SMILES string of the molecule is CCCNC(=O)C[C@@H]1CC[C@@H]2[C@@H](COc3ccc(NC(=O)Nc4c(C)noc4C)cc3C(=O)N2C)O1. The number of likely N-dealkylation sites (N-methyl/N-ethyl adjacent to an activating group) is 1. The van der Waals surface area contributed by atoms with Crippen molar-refractivity contribution in [2.24, 2.45) is 0 Å². The smallest absolute Gasteiger partial charge is 0.323 e. The first-order chi connectivity index (χ1) is 17.3. The van der Waals surface area contributed by atoms with E-state index in [9.17, 15) is 14.4 Å². The quantitative estimate of drug-likeness (QED) is 0.555. The molecule has 2 aliphatic rings. The molecule has 11 heteroatoms. The lowest BCUT2D eigenvalue weighted by atomic mass is 9.94. The molecule has 3 heterocycles. The van der Waals surface area contributed by atoms with Gasteiger partial charge in [0.2, 0.25) is 5.91 Å². The zero-order chi connectivity index (χ0) is 25.8. The van der Waals surface area contributed by atoms with Gasteiger partial charge in [-0.05, 0) is 51.3 Å². The van der Waals surface area contributed by atoms with Gasteiger partial charge in [-0.2, -0.15) is 0 Å². The van der Waals surface area contributed by atoms with E-state index in [1.165, 1.54) is 0 Å². The summed E-state index contributed by atoms with van der Waals surface area (Å²) in [5, 5.41) is 12.2. The van der Waals surface area contributed by atoms with E-state index in [4.69, 9.17) is 14.0 Å². The van der Waals surface area contributed by atoms with Crippen LogP contribution in [0.5, 0.6) is 5.75 Å². The van der Waals surface area contributed by atoms with Crippen molar-refractivity contribution >= 4 is 29.2 Å². The van der Waals surface area contributed by atoms with Crippen LogP contribution in [-0.2, 0) is 9.53 Å². The maximum Gasteiger partial charge on any atom is 0.323 e. The molecule has 0 spiro atoms. The van der Waals surface area contributed by atoms with Crippen LogP contribution in [0.4, 0.5) is 16.2 Å². The van der Waals surface area contributed by atoms with Crippen molar-refractivity contribution in [3.8, 4) is 5.75 Å². The molecule has 0 bridgehead atoms. The van der Waals surface area contributed by atoms with Crippen molar-refractivity contribution in [1.29, 1.82) is 0 Å². The second kappa shape index (κ2) is 11.0. The second-order valence-electron chi connectivity index (χ2n) is 9.21. The predicted octanol–water partition coefficient (Wildman–Crippen LogP) is 3.23. The highest BCUT2D eigenvalue weighted by molar-refractivity contribution is 6.03. The molecule has 1 saturated heterocycles. The van der Waals surface area contributed by atoms with Crippen LogP contribution in [0.1, 0.15) is 54.4 Å². The van der Waals surface area contributed by atoms with Crippen LogP contribution in [0.25, 0.3) is 0 Å². The van der Waals surface area contributed by atoms with Gasteiger partial charge in [-0.1, -0.05) is 12.1 Å². The molecule has 0 radical (unpaired) electrons. The summed E-state index contributed by atoms with van der Waals surface area (Å²) in [7, 11) is 1.75. The number of nitrogens with one attached hydrogen (secondary N) is 3. The number of urea groups is 1. The number of ether oxygens (including phenoxy) is 2. The van der Waals surface area contributed by atoms with E-state index in [2.05, 4.69) is 21.1 Å². The summed E-state index contributed by atoms with van der Waals surface area (Å²) < 4.78 is 17.3. The zero-order valence-corrected chi connectivity index (χ0v) is 21.1. The molecule has 1 aromatic heterocycles. The van der Waals surface area contributed by atoms with Gasteiger partial charge in [0.25, 0.3) is 5.91 Å². The molecule has 3 N–H and O–H groups in total. The summed E-state index contributed by atoms with van der Waals surface area (Å²) in [6, 6.07) is 4.27. The molecule has 36 heavy (non-hydrogen) atoms. The molecule has 0 aliphatic carbocycles. The minimum Gasteiger partial charge on any atom is -0.490 e. The van der Waals surface area contributed by atoms with Crippen molar-refractivity contribution < 1.29 is 28.4 Å². The highest BCUT2D eigenvalue weighted by Gasteiger charge is 2.39. The molecular formula is C25H33N5O6. The monoisotopic (exact) mass is 499 g/mol. The van der Waals surface area contributed by atoms with Crippen LogP contribution in [0, 0.1) is 13.8 Å². The fourth-order valence-corrected chi connectivity index (χ4v) is 4.59. The number of aryl methyl sites for hydroxylation is 2. The number of nitrogens with zero attached hydrogens (tertiary/aromatic N) is 2. The number of fused-ring (bicyclic) bond motifs is 2. The average molecular weight is 500 g/mol. The second-order valence-corrected chi connectivity index (χ2v) is 9.21. The summed E-state index contributed by atoms with van der Waals surface area (Å²) >= 11 is 0. The van der Waals surface area contributed by atoms with E-state index in [0.29, 0.717) is 59.9 Å². The number of anilines is 2. The van der Waals surface area contributed by atoms with Crippen LogP contribution in [0.3, 0.4) is 0 Å². The van der Waals surface area contributed by atoms with Crippen LogP contribution >= 0.6 is 0 Å². The normalized spacial score (nSPS) is 21.4. The summed E-state index contributed by atoms with van der Waals surface area (Å²) in [5.74, 6) is 0.657. The van der Waals surface area contributed by atoms with Gasteiger partial charge < -0.3 is 34.8 Å². The Bertz CT molecular complexity index is 1110. The van der Waals surface area contributed by atoms with E-state index < -0.39 is 6.03 Å².